The molecule has 2 heterocycles. The zero-order chi connectivity index (χ0) is 17.8. The number of nitrogens with one attached hydrogen (secondary N) is 3. The minimum Gasteiger partial charge on any atom is -0.350 e. The summed E-state index contributed by atoms with van der Waals surface area (Å²) in [5, 5.41) is 2.84. The number of carbonyl (C=O) groups is 1. The first-order chi connectivity index (χ1) is 12.0. The van der Waals surface area contributed by atoms with Crippen LogP contribution in [0.15, 0.2) is 30.3 Å². The van der Waals surface area contributed by atoms with E-state index in [2.05, 4.69) is 33.2 Å². The normalized spacial score (nSPS) is 30.6. The molecule has 1 amide bonds. The van der Waals surface area contributed by atoms with Gasteiger partial charge in [0.2, 0.25) is 5.91 Å². The van der Waals surface area contributed by atoms with Crippen LogP contribution in [-0.4, -0.2) is 48.4 Å². The van der Waals surface area contributed by atoms with Crippen LogP contribution in [0.2, 0.25) is 0 Å². The fourth-order valence-electron chi connectivity index (χ4n) is 3.69. The molecule has 3 N–H and O–H groups in total. The van der Waals surface area contributed by atoms with Crippen molar-refractivity contribution in [3.8, 4) is 0 Å². The van der Waals surface area contributed by atoms with E-state index >= 15 is 0 Å². The molecule has 2 saturated heterocycles. The first-order valence-electron chi connectivity index (χ1n) is 8.90. The Hall–Kier alpha value is -1.57. The molecule has 2 fully saturated rings. The van der Waals surface area contributed by atoms with Crippen molar-refractivity contribution in [3.05, 3.63) is 35.9 Å². The number of benzene rings is 1. The lowest BCUT2D eigenvalue weighted by molar-refractivity contribution is -0.127. The summed E-state index contributed by atoms with van der Waals surface area (Å²) >= 11 is 0. The predicted molar refractivity (Wildman–Crippen MR) is 91.9 cm³/mol. The number of hydrogen-bond donors (Lipinski definition) is 3. The minimum atomic E-state index is -2.52. The number of amides is 1. The number of carbonyl (C=O) groups excluding carboxylic acids is 1. The molecule has 4 atom stereocenters. The maximum Gasteiger partial charge on any atom is 0.257 e. The number of halogens is 2. The Morgan fingerprint density at radius 1 is 1.32 bits per heavy atom. The monoisotopic (exact) mass is 352 g/mol. The first kappa shape index (κ1) is 18.2. The predicted octanol–water partition coefficient (Wildman–Crippen LogP) is 1.51. The summed E-state index contributed by atoms with van der Waals surface area (Å²) in [6.45, 7) is 4.24. The Morgan fingerprint density at radius 3 is 2.80 bits per heavy atom. The fourth-order valence-corrected chi connectivity index (χ4v) is 3.69. The van der Waals surface area contributed by atoms with E-state index in [4.69, 9.17) is 0 Å². The Balaban J connectivity index is 1.56. The number of alkyl halides is 2. The Kier molecular flexibility index (Phi) is 5.98. The quantitative estimate of drug-likeness (QED) is 0.752. The molecule has 5 nitrogen and oxygen atoms in total. The number of rotatable bonds is 5. The molecule has 0 saturated carbocycles. The average molecular weight is 352 g/mol. The van der Waals surface area contributed by atoms with Gasteiger partial charge in [-0.1, -0.05) is 30.3 Å². The molecule has 1 aromatic rings. The lowest BCUT2D eigenvalue weighted by atomic mass is 9.95. The van der Waals surface area contributed by atoms with Crippen LogP contribution in [0.1, 0.15) is 25.3 Å². The highest BCUT2D eigenvalue weighted by Gasteiger charge is 2.40. The molecule has 0 bridgehead atoms. The van der Waals surface area contributed by atoms with Gasteiger partial charge < -0.3 is 5.32 Å². The van der Waals surface area contributed by atoms with Crippen molar-refractivity contribution in [2.45, 2.75) is 50.9 Å². The minimum absolute atomic E-state index is 0.120. The number of nitrogens with zero attached hydrogens (tertiary/aromatic N) is 1. The van der Waals surface area contributed by atoms with Crippen LogP contribution in [0.4, 0.5) is 8.78 Å². The zero-order valence-corrected chi connectivity index (χ0v) is 14.4. The van der Waals surface area contributed by atoms with Gasteiger partial charge in [0.25, 0.3) is 6.43 Å². The Morgan fingerprint density at radius 2 is 2.08 bits per heavy atom. The van der Waals surface area contributed by atoms with E-state index in [0.717, 1.165) is 25.9 Å². The Labute approximate surface area is 147 Å². The lowest BCUT2D eigenvalue weighted by Crippen LogP contribution is -2.53. The van der Waals surface area contributed by atoms with Crippen LogP contribution in [0, 0.1) is 5.92 Å². The third kappa shape index (κ3) is 4.54. The fraction of sp³-hybridized carbons (Fsp3) is 0.611. The van der Waals surface area contributed by atoms with Crippen molar-refractivity contribution >= 4 is 5.91 Å². The van der Waals surface area contributed by atoms with Crippen molar-refractivity contribution in [3.63, 3.8) is 0 Å². The number of hydrazine groups is 1. The third-order valence-corrected chi connectivity index (χ3v) is 5.11. The average Bonchev–Trinajstić information content (AvgIpc) is 2.97. The van der Waals surface area contributed by atoms with Gasteiger partial charge in [0.15, 0.2) is 0 Å². The molecule has 0 aromatic heterocycles. The van der Waals surface area contributed by atoms with Crippen LogP contribution in [0.5, 0.6) is 0 Å². The molecule has 0 aliphatic carbocycles. The van der Waals surface area contributed by atoms with Crippen LogP contribution in [0.25, 0.3) is 0 Å². The summed E-state index contributed by atoms with van der Waals surface area (Å²) in [5.74, 6) is -0.269. The maximum atomic E-state index is 13.1. The number of hydrogen-bond acceptors (Lipinski definition) is 4. The van der Waals surface area contributed by atoms with E-state index in [0.29, 0.717) is 6.54 Å². The van der Waals surface area contributed by atoms with Crippen molar-refractivity contribution < 1.29 is 13.6 Å². The third-order valence-electron chi connectivity index (χ3n) is 5.11. The molecule has 138 valence electrons. The standard InChI is InChI=1S/C18H26F2N4O/c1-12-15(16(17(19)20)23-22-12)21-18(25)14-8-5-9-24(11-14)10-13-6-3-2-4-7-13/h2-4,6-7,12,14-17,22-23H,5,8-11H2,1H3,(H,21,25). The summed E-state index contributed by atoms with van der Waals surface area (Å²) in [6.07, 6.45) is -0.776. The summed E-state index contributed by atoms with van der Waals surface area (Å²) in [5.41, 5.74) is 6.60. The highest BCUT2D eigenvalue weighted by atomic mass is 19.3. The van der Waals surface area contributed by atoms with E-state index in [-0.39, 0.29) is 17.9 Å². The maximum absolute atomic E-state index is 13.1. The van der Waals surface area contributed by atoms with E-state index in [1.165, 1.54) is 5.56 Å². The van der Waals surface area contributed by atoms with Gasteiger partial charge in [-0.3, -0.25) is 15.1 Å². The second kappa shape index (κ2) is 8.21. The van der Waals surface area contributed by atoms with Crippen molar-refractivity contribution in [2.75, 3.05) is 13.1 Å². The molecule has 0 radical (unpaired) electrons. The molecule has 0 spiro atoms. The zero-order valence-electron chi connectivity index (χ0n) is 14.4. The first-order valence-corrected chi connectivity index (χ1v) is 8.90. The van der Waals surface area contributed by atoms with E-state index in [1.807, 2.05) is 18.2 Å². The Bertz CT molecular complexity index is 571. The van der Waals surface area contributed by atoms with Gasteiger partial charge in [-0.05, 0) is 31.9 Å². The van der Waals surface area contributed by atoms with Crippen molar-refractivity contribution in [1.29, 1.82) is 0 Å². The summed E-state index contributed by atoms with van der Waals surface area (Å²) in [4.78, 5) is 14.9. The molecule has 4 unspecified atom stereocenters. The number of likely N-dealkylation sites (tertiary alicyclic amines) is 1. The van der Waals surface area contributed by atoms with E-state index in [1.54, 1.807) is 6.92 Å². The van der Waals surface area contributed by atoms with Crippen LogP contribution >= 0.6 is 0 Å². The second-order valence-corrected chi connectivity index (χ2v) is 7.03. The highest BCUT2D eigenvalue weighted by molar-refractivity contribution is 5.79. The SMILES string of the molecule is CC1NNC(C(F)F)C1NC(=O)C1CCCN(Cc2ccccc2)C1. The van der Waals surface area contributed by atoms with Gasteiger partial charge in [-0.25, -0.2) is 14.2 Å². The van der Waals surface area contributed by atoms with Crippen molar-refractivity contribution in [2.24, 2.45) is 5.92 Å². The molecule has 2 aliphatic heterocycles. The largest absolute Gasteiger partial charge is 0.350 e. The highest BCUT2D eigenvalue weighted by Crippen LogP contribution is 2.20. The van der Waals surface area contributed by atoms with E-state index in [9.17, 15) is 13.6 Å². The van der Waals surface area contributed by atoms with Crippen LogP contribution < -0.4 is 16.2 Å². The molecular formula is C18H26F2N4O. The van der Waals surface area contributed by atoms with Gasteiger partial charge >= 0.3 is 0 Å². The summed E-state index contributed by atoms with van der Waals surface area (Å²) in [6, 6.07) is 8.28. The van der Waals surface area contributed by atoms with Crippen LogP contribution in [-0.2, 0) is 11.3 Å². The van der Waals surface area contributed by atoms with Gasteiger partial charge in [0.1, 0.15) is 6.04 Å². The molecule has 7 heteroatoms. The van der Waals surface area contributed by atoms with Gasteiger partial charge in [-0.2, -0.15) is 0 Å². The molecule has 2 aliphatic rings. The molecule has 1 aromatic carbocycles. The molecule has 3 rings (SSSR count). The lowest BCUT2D eigenvalue weighted by Gasteiger charge is -2.33. The summed E-state index contributed by atoms with van der Waals surface area (Å²) in [7, 11) is 0. The van der Waals surface area contributed by atoms with Crippen molar-refractivity contribution in [1.82, 2.24) is 21.1 Å². The van der Waals surface area contributed by atoms with Gasteiger partial charge in [0.05, 0.1) is 12.0 Å². The smallest absolute Gasteiger partial charge is 0.257 e. The van der Waals surface area contributed by atoms with Gasteiger partial charge in [-0.15, -0.1) is 0 Å². The van der Waals surface area contributed by atoms with Crippen LogP contribution in [0.3, 0.4) is 0 Å². The second-order valence-electron chi connectivity index (χ2n) is 7.03. The number of piperidine rings is 1. The topological polar surface area (TPSA) is 56.4 Å². The summed E-state index contributed by atoms with van der Waals surface area (Å²) < 4.78 is 26.2. The molecule has 25 heavy (non-hydrogen) atoms. The van der Waals surface area contributed by atoms with E-state index < -0.39 is 18.5 Å². The molecular weight excluding hydrogens is 326 g/mol. The van der Waals surface area contributed by atoms with Gasteiger partial charge in [0, 0.05) is 19.1 Å².